The molecule has 3 heteroatoms. The molecular weight excluding hydrogens is 250 g/mol. The van der Waals surface area contributed by atoms with Crippen molar-refractivity contribution in [2.75, 3.05) is 0 Å². The average Bonchev–Trinajstić information content (AvgIpc) is 2.46. The van der Waals surface area contributed by atoms with Crippen molar-refractivity contribution in [1.82, 2.24) is 4.57 Å². The Bertz CT molecular complexity index is 656. The highest BCUT2D eigenvalue weighted by Crippen LogP contribution is 2.18. The fourth-order valence-corrected chi connectivity index (χ4v) is 2.25. The lowest BCUT2D eigenvalue weighted by Gasteiger charge is -2.14. The standard InChI is InChI=1S/C17H19NO2/c1-3-4-12-18-16(14-8-6-5-7-9-14)11-10-15(13(2)19)17(18)20/h5-11H,3-4,12H2,1-2H3. The van der Waals surface area contributed by atoms with Gasteiger partial charge in [-0.3, -0.25) is 9.59 Å². The van der Waals surface area contributed by atoms with E-state index in [1.165, 1.54) is 6.92 Å². The van der Waals surface area contributed by atoms with Crippen molar-refractivity contribution in [3.05, 3.63) is 58.4 Å². The molecule has 0 radical (unpaired) electrons. The molecule has 3 nitrogen and oxygen atoms in total. The van der Waals surface area contributed by atoms with Crippen molar-refractivity contribution >= 4 is 5.78 Å². The summed E-state index contributed by atoms with van der Waals surface area (Å²) in [6.45, 7) is 4.16. The molecule has 1 heterocycles. The Labute approximate surface area is 118 Å². The Kier molecular flexibility index (Phi) is 4.51. The molecule has 104 valence electrons. The van der Waals surface area contributed by atoms with E-state index in [2.05, 4.69) is 6.92 Å². The van der Waals surface area contributed by atoms with Crippen LogP contribution in [0.5, 0.6) is 0 Å². The molecule has 2 aromatic rings. The summed E-state index contributed by atoms with van der Waals surface area (Å²) < 4.78 is 1.72. The Hall–Kier alpha value is -2.16. The molecule has 1 aromatic heterocycles. The van der Waals surface area contributed by atoms with Gasteiger partial charge in [0.05, 0.1) is 11.3 Å². The fraction of sp³-hybridized carbons (Fsp3) is 0.294. The zero-order chi connectivity index (χ0) is 14.5. The lowest BCUT2D eigenvalue weighted by molar-refractivity contribution is 0.101. The summed E-state index contributed by atoms with van der Waals surface area (Å²) in [4.78, 5) is 24.0. The molecule has 0 N–H and O–H groups in total. The van der Waals surface area contributed by atoms with Gasteiger partial charge in [0.2, 0.25) is 0 Å². The van der Waals surface area contributed by atoms with E-state index in [1.54, 1.807) is 10.6 Å². The summed E-state index contributed by atoms with van der Waals surface area (Å²) in [5.41, 5.74) is 1.94. The smallest absolute Gasteiger partial charge is 0.261 e. The van der Waals surface area contributed by atoms with Gasteiger partial charge in [-0.1, -0.05) is 43.7 Å². The third kappa shape index (κ3) is 2.87. The molecule has 0 aliphatic heterocycles. The Morgan fingerprint density at radius 3 is 2.40 bits per heavy atom. The van der Waals surface area contributed by atoms with Crippen LogP contribution >= 0.6 is 0 Å². The minimum absolute atomic E-state index is 0.181. The molecule has 0 bridgehead atoms. The van der Waals surface area contributed by atoms with E-state index in [0.29, 0.717) is 6.54 Å². The number of aromatic nitrogens is 1. The van der Waals surface area contributed by atoms with Crippen molar-refractivity contribution in [2.24, 2.45) is 0 Å². The summed E-state index contributed by atoms with van der Waals surface area (Å²) in [7, 11) is 0. The first-order valence-electron chi connectivity index (χ1n) is 6.95. The second-order valence-corrected chi connectivity index (χ2v) is 4.86. The van der Waals surface area contributed by atoms with E-state index in [4.69, 9.17) is 0 Å². The van der Waals surface area contributed by atoms with Gasteiger partial charge in [-0.25, -0.2) is 0 Å². The maximum atomic E-state index is 12.5. The highest BCUT2D eigenvalue weighted by molar-refractivity contribution is 5.93. The van der Waals surface area contributed by atoms with Gasteiger partial charge in [0.25, 0.3) is 5.56 Å². The molecule has 0 saturated carbocycles. The molecule has 0 aliphatic carbocycles. The number of ketones is 1. The Balaban J connectivity index is 2.60. The van der Waals surface area contributed by atoms with E-state index in [0.717, 1.165) is 24.1 Å². The molecule has 20 heavy (non-hydrogen) atoms. The van der Waals surface area contributed by atoms with Crippen molar-refractivity contribution < 1.29 is 4.79 Å². The predicted octanol–water partition coefficient (Wildman–Crippen LogP) is 3.52. The Morgan fingerprint density at radius 2 is 1.80 bits per heavy atom. The van der Waals surface area contributed by atoms with Crippen LogP contribution in [0, 0.1) is 0 Å². The number of carbonyl (C=O) groups excluding carboxylic acids is 1. The quantitative estimate of drug-likeness (QED) is 0.779. The van der Waals surface area contributed by atoms with Crippen molar-refractivity contribution in [3.63, 3.8) is 0 Å². The van der Waals surface area contributed by atoms with Gasteiger partial charge in [-0.15, -0.1) is 0 Å². The maximum absolute atomic E-state index is 12.5. The zero-order valence-electron chi connectivity index (χ0n) is 11.9. The van der Waals surface area contributed by atoms with Gasteiger partial charge in [0.1, 0.15) is 0 Å². The van der Waals surface area contributed by atoms with Gasteiger partial charge in [-0.2, -0.15) is 0 Å². The van der Waals surface area contributed by atoms with Gasteiger partial charge in [0.15, 0.2) is 5.78 Å². The van der Waals surface area contributed by atoms with Crippen LogP contribution in [0.4, 0.5) is 0 Å². The minimum Gasteiger partial charge on any atom is -0.308 e. The number of nitrogens with zero attached hydrogens (tertiary/aromatic N) is 1. The number of Topliss-reactive ketones (excluding diaryl/α,β-unsaturated/α-hetero) is 1. The van der Waals surface area contributed by atoms with Crippen molar-refractivity contribution in [2.45, 2.75) is 33.2 Å². The Morgan fingerprint density at radius 1 is 1.10 bits per heavy atom. The second-order valence-electron chi connectivity index (χ2n) is 4.86. The highest BCUT2D eigenvalue weighted by atomic mass is 16.1. The van der Waals surface area contributed by atoms with Crippen molar-refractivity contribution in [3.8, 4) is 11.3 Å². The minimum atomic E-state index is -0.188. The molecule has 2 rings (SSSR count). The van der Waals surface area contributed by atoms with Gasteiger partial charge < -0.3 is 4.57 Å². The van der Waals surface area contributed by atoms with E-state index >= 15 is 0 Å². The number of pyridine rings is 1. The monoisotopic (exact) mass is 269 g/mol. The van der Waals surface area contributed by atoms with Gasteiger partial charge >= 0.3 is 0 Å². The summed E-state index contributed by atoms with van der Waals surface area (Å²) >= 11 is 0. The SMILES string of the molecule is CCCCn1c(-c2ccccc2)ccc(C(C)=O)c1=O. The molecule has 0 saturated heterocycles. The number of carbonyl (C=O) groups is 1. The molecule has 0 unspecified atom stereocenters. The first-order valence-corrected chi connectivity index (χ1v) is 6.95. The van der Waals surface area contributed by atoms with Crippen LogP contribution in [0.25, 0.3) is 11.3 Å². The summed E-state index contributed by atoms with van der Waals surface area (Å²) in [6, 6.07) is 13.3. The average molecular weight is 269 g/mol. The van der Waals surface area contributed by atoms with Crippen LogP contribution in [0.2, 0.25) is 0 Å². The fourth-order valence-electron chi connectivity index (χ4n) is 2.25. The zero-order valence-corrected chi connectivity index (χ0v) is 11.9. The van der Waals surface area contributed by atoms with E-state index in [9.17, 15) is 9.59 Å². The van der Waals surface area contributed by atoms with Crippen LogP contribution in [-0.2, 0) is 6.54 Å². The summed E-state index contributed by atoms with van der Waals surface area (Å²) in [5, 5.41) is 0. The lowest BCUT2D eigenvalue weighted by atomic mass is 10.1. The highest BCUT2D eigenvalue weighted by Gasteiger charge is 2.12. The van der Waals surface area contributed by atoms with E-state index in [1.807, 2.05) is 36.4 Å². The molecule has 0 fully saturated rings. The van der Waals surface area contributed by atoms with Crippen molar-refractivity contribution in [1.29, 1.82) is 0 Å². The van der Waals surface area contributed by atoms with E-state index in [-0.39, 0.29) is 16.9 Å². The predicted molar refractivity (Wildman–Crippen MR) is 81.1 cm³/mol. The number of hydrogen-bond acceptors (Lipinski definition) is 2. The molecule has 0 amide bonds. The normalized spacial score (nSPS) is 10.5. The molecule has 0 aliphatic rings. The first-order chi connectivity index (χ1) is 9.65. The molecule has 0 atom stereocenters. The third-order valence-electron chi connectivity index (χ3n) is 3.36. The molecular formula is C17H19NO2. The topological polar surface area (TPSA) is 39.1 Å². The van der Waals surface area contributed by atoms with Gasteiger partial charge in [-0.05, 0) is 31.0 Å². The summed E-state index contributed by atoms with van der Waals surface area (Å²) in [6.07, 6.45) is 1.92. The second kappa shape index (κ2) is 6.33. The molecule has 1 aromatic carbocycles. The van der Waals surface area contributed by atoms with Crippen LogP contribution in [0.1, 0.15) is 37.0 Å². The third-order valence-corrected chi connectivity index (χ3v) is 3.36. The van der Waals surface area contributed by atoms with Crippen LogP contribution in [0.15, 0.2) is 47.3 Å². The number of unbranched alkanes of at least 4 members (excludes halogenated alkanes) is 1. The van der Waals surface area contributed by atoms with Crippen LogP contribution < -0.4 is 5.56 Å². The number of benzene rings is 1. The van der Waals surface area contributed by atoms with E-state index < -0.39 is 0 Å². The van der Waals surface area contributed by atoms with Crippen LogP contribution in [0.3, 0.4) is 0 Å². The van der Waals surface area contributed by atoms with Crippen LogP contribution in [-0.4, -0.2) is 10.4 Å². The summed E-state index contributed by atoms with van der Waals surface area (Å²) in [5.74, 6) is -0.181. The lowest BCUT2D eigenvalue weighted by Crippen LogP contribution is -2.26. The number of hydrogen-bond donors (Lipinski definition) is 0. The number of rotatable bonds is 5. The molecule has 0 spiro atoms. The maximum Gasteiger partial charge on any atom is 0.261 e. The largest absolute Gasteiger partial charge is 0.308 e. The van der Waals surface area contributed by atoms with Gasteiger partial charge in [0, 0.05) is 6.54 Å². The first kappa shape index (κ1) is 14.3.